The second-order valence-electron chi connectivity index (χ2n) is 3.65. The molecule has 0 spiro atoms. The molecular weight excluding hydrogens is 179 g/mol. The summed E-state index contributed by atoms with van der Waals surface area (Å²) in [5, 5.41) is 2.99. The Hall–Kier alpha value is -0.250. The van der Waals surface area contributed by atoms with Gasteiger partial charge in [-0.05, 0) is 31.8 Å². The topological polar surface area (TPSA) is 12.0 Å². The van der Waals surface area contributed by atoms with Crippen molar-refractivity contribution >= 4 is 0 Å². The summed E-state index contributed by atoms with van der Waals surface area (Å²) < 4.78 is 35.0. The zero-order chi connectivity index (χ0) is 10.3. The van der Waals surface area contributed by atoms with Gasteiger partial charge < -0.3 is 5.32 Å². The van der Waals surface area contributed by atoms with Crippen molar-refractivity contribution in [3.8, 4) is 0 Å². The number of nitrogens with one attached hydrogen (secondary N) is 1. The highest BCUT2D eigenvalue weighted by atomic mass is 19.4. The fraction of sp³-hybridized carbons (Fsp3) is 1.00. The molecule has 0 bridgehead atoms. The van der Waals surface area contributed by atoms with E-state index in [9.17, 15) is 13.2 Å². The summed E-state index contributed by atoms with van der Waals surface area (Å²) in [4.78, 5) is 0. The van der Waals surface area contributed by atoms with Crippen molar-refractivity contribution in [1.29, 1.82) is 0 Å². The summed E-state index contributed by atoms with van der Waals surface area (Å²) in [6.45, 7) is 5.47. The van der Waals surface area contributed by atoms with Crippen LogP contribution in [0.25, 0.3) is 0 Å². The minimum Gasteiger partial charge on any atom is -0.317 e. The highest BCUT2D eigenvalue weighted by Crippen LogP contribution is 2.20. The molecule has 80 valence electrons. The van der Waals surface area contributed by atoms with Crippen molar-refractivity contribution in [3.63, 3.8) is 0 Å². The van der Waals surface area contributed by atoms with Crippen LogP contribution in [0.5, 0.6) is 0 Å². The Morgan fingerprint density at radius 1 is 1.15 bits per heavy atom. The van der Waals surface area contributed by atoms with Crippen LogP contribution in [-0.4, -0.2) is 19.3 Å². The largest absolute Gasteiger partial charge is 0.389 e. The third kappa shape index (κ3) is 11.8. The van der Waals surface area contributed by atoms with Crippen LogP contribution in [0, 0.1) is 5.92 Å². The number of alkyl halides is 3. The minimum absolute atomic E-state index is 0.182. The average molecular weight is 197 g/mol. The zero-order valence-electron chi connectivity index (χ0n) is 8.25. The van der Waals surface area contributed by atoms with Crippen molar-refractivity contribution in [3.05, 3.63) is 0 Å². The molecule has 0 fully saturated rings. The van der Waals surface area contributed by atoms with Crippen molar-refractivity contribution in [2.75, 3.05) is 13.1 Å². The molecule has 0 radical (unpaired) electrons. The van der Waals surface area contributed by atoms with E-state index in [2.05, 4.69) is 19.2 Å². The van der Waals surface area contributed by atoms with E-state index in [1.807, 2.05) is 0 Å². The molecule has 0 atom stereocenters. The van der Waals surface area contributed by atoms with Gasteiger partial charge in [0.25, 0.3) is 0 Å². The maximum atomic E-state index is 11.7. The summed E-state index contributed by atoms with van der Waals surface area (Å²) in [7, 11) is 0. The minimum atomic E-state index is -4.00. The highest BCUT2D eigenvalue weighted by Gasteiger charge is 2.25. The predicted octanol–water partition coefficient (Wildman–Crippen LogP) is 2.96. The van der Waals surface area contributed by atoms with Crippen molar-refractivity contribution in [2.45, 2.75) is 39.3 Å². The summed E-state index contributed by atoms with van der Waals surface area (Å²) in [6.07, 6.45) is -3.48. The Labute approximate surface area is 77.7 Å². The second-order valence-corrected chi connectivity index (χ2v) is 3.65. The average Bonchev–Trinajstić information content (AvgIpc) is 1.93. The number of hydrogen-bond donors (Lipinski definition) is 1. The van der Waals surface area contributed by atoms with Crippen LogP contribution in [0.15, 0.2) is 0 Å². The number of hydrogen-bond acceptors (Lipinski definition) is 1. The first kappa shape index (κ1) is 12.8. The third-order valence-corrected chi connectivity index (χ3v) is 1.71. The van der Waals surface area contributed by atoms with Gasteiger partial charge in [-0.2, -0.15) is 13.2 Å². The first-order valence-corrected chi connectivity index (χ1v) is 4.69. The molecule has 0 unspecified atom stereocenters. The van der Waals surface area contributed by atoms with Crippen LogP contribution >= 0.6 is 0 Å². The lowest BCUT2D eigenvalue weighted by atomic mass is 10.1. The second kappa shape index (κ2) is 6.24. The van der Waals surface area contributed by atoms with Gasteiger partial charge in [-0.15, -0.1) is 0 Å². The van der Waals surface area contributed by atoms with Gasteiger partial charge in [-0.3, -0.25) is 0 Å². The lowest BCUT2D eigenvalue weighted by molar-refractivity contribution is -0.135. The maximum absolute atomic E-state index is 11.7. The molecular formula is C9H18F3N. The van der Waals surface area contributed by atoms with Crippen LogP contribution < -0.4 is 5.32 Å². The molecule has 0 aliphatic heterocycles. The zero-order valence-corrected chi connectivity index (χ0v) is 8.25. The Kier molecular flexibility index (Phi) is 6.12. The van der Waals surface area contributed by atoms with Crippen molar-refractivity contribution < 1.29 is 13.2 Å². The fourth-order valence-corrected chi connectivity index (χ4v) is 0.930. The van der Waals surface area contributed by atoms with Gasteiger partial charge in [0.05, 0.1) is 0 Å². The van der Waals surface area contributed by atoms with Crippen LogP contribution in [-0.2, 0) is 0 Å². The molecule has 0 aromatic heterocycles. The standard InChI is InChI=1S/C9H18F3N/c1-8(2)4-7-13-6-3-5-9(10,11)12/h8,13H,3-7H2,1-2H3. The lowest BCUT2D eigenvalue weighted by Crippen LogP contribution is -2.20. The fourth-order valence-electron chi connectivity index (χ4n) is 0.930. The molecule has 1 N–H and O–H groups in total. The van der Waals surface area contributed by atoms with Crippen LogP contribution in [0.3, 0.4) is 0 Å². The van der Waals surface area contributed by atoms with Crippen LogP contribution in [0.4, 0.5) is 13.2 Å². The molecule has 0 aromatic rings. The van der Waals surface area contributed by atoms with E-state index < -0.39 is 12.6 Å². The van der Waals surface area contributed by atoms with Crippen molar-refractivity contribution in [1.82, 2.24) is 5.32 Å². The van der Waals surface area contributed by atoms with Crippen LogP contribution in [0.2, 0.25) is 0 Å². The molecule has 0 aliphatic rings. The van der Waals surface area contributed by atoms with Gasteiger partial charge in [0.15, 0.2) is 0 Å². The summed E-state index contributed by atoms with van der Waals surface area (Å²) in [5.74, 6) is 0.607. The molecule has 0 saturated carbocycles. The molecule has 1 nitrogen and oxygen atoms in total. The predicted molar refractivity (Wildman–Crippen MR) is 47.6 cm³/mol. The molecule has 0 heterocycles. The van der Waals surface area contributed by atoms with Gasteiger partial charge in [-0.1, -0.05) is 13.8 Å². The quantitative estimate of drug-likeness (QED) is 0.645. The van der Waals surface area contributed by atoms with Gasteiger partial charge >= 0.3 is 6.18 Å². The van der Waals surface area contributed by atoms with Gasteiger partial charge in [0, 0.05) is 6.42 Å². The molecule has 0 aromatic carbocycles. The number of rotatable bonds is 6. The van der Waals surface area contributed by atoms with E-state index >= 15 is 0 Å². The first-order chi connectivity index (χ1) is 5.92. The van der Waals surface area contributed by atoms with Crippen LogP contribution in [0.1, 0.15) is 33.1 Å². The van der Waals surface area contributed by atoms with E-state index in [1.165, 1.54) is 0 Å². The molecule has 0 saturated heterocycles. The van der Waals surface area contributed by atoms with E-state index in [0.29, 0.717) is 12.5 Å². The molecule has 0 rings (SSSR count). The molecule has 4 heteroatoms. The monoisotopic (exact) mass is 197 g/mol. The normalized spacial score (nSPS) is 12.5. The Morgan fingerprint density at radius 3 is 2.23 bits per heavy atom. The SMILES string of the molecule is CC(C)CCNCCCC(F)(F)F. The molecule has 13 heavy (non-hydrogen) atoms. The maximum Gasteiger partial charge on any atom is 0.389 e. The Morgan fingerprint density at radius 2 is 1.77 bits per heavy atom. The number of halogens is 3. The van der Waals surface area contributed by atoms with Crippen molar-refractivity contribution in [2.24, 2.45) is 5.92 Å². The van der Waals surface area contributed by atoms with E-state index in [4.69, 9.17) is 0 Å². The summed E-state index contributed by atoms with van der Waals surface area (Å²) in [5.41, 5.74) is 0. The summed E-state index contributed by atoms with van der Waals surface area (Å²) in [6, 6.07) is 0. The summed E-state index contributed by atoms with van der Waals surface area (Å²) >= 11 is 0. The van der Waals surface area contributed by atoms with Gasteiger partial charge in [0.1, 0.15) is 0 Å². The first-order valence-electron chi connectivity index (χ1n) is 4.69. The van der Waals surface area contributed by atoms with E-state index in [-0.39, 0.29) is 6.42 Å². The lowest BCUT2D eigenvalue weighted by Gasteiger charge is -2.08. The third-order valence-electron chi connectivity index (χ3n) is 1.71. The molecule has 0 amide bonds. The Bertz CT molecular complexity index is 121. The molecule has 0 aliphatic carbocycles. The highest BCUT2D eigenvalue weighted by molar-refractivity contribution is 4.55. The van der Waals surface area contributed by atoms with E-state index in [1.54, 1.807) is 0 Å². The van der Waals surface area contributed by atoms with Gasteiger partial charge in [0.2, 0.25) is 0 Å². The van der Waals surface area contributed by atoms with E-state index in [0.717, 1.165) is 13.0 Å². The smallest absolute Gasteiger partial charge is 0.317 e. The van der Waals surface area contributed by atoms with Gasteiger partial charge in [-0.25, -0.2) is 0 Å². The Balaban J connectivity index is 3.09.